The quantitative estimate of drug-likeness (QED) is 0.844. The molecule has 0 saturated heterocycles. The molecule has 0 atom stereocenters. The van der Waals surface area contributed by atoms with Crippen molar-refractivity contribution in [3.05, 3.63) is 35.7 Å². The van der Waals surface area contributed by atoms with Gasteiger partial charge in [-0.2, -0.15) is 4.98 Å². The first-order valence-corrected chi connectivity index (χ1v) is 5.35. The standard InChI is InChI=1S/C12H13N3O3/c1-12(2,17)11-14-10(15-18-11)8-5-3-4-7(6-8)9(13)16/h3-6,17H,1-2H3,(H2,13,16). The van der Waals surface area contributed by atoms with Gasteiger partial charge in [-0.15, -0.1) is 0 Å². The first kappa shape index (κ1) is 12.3. The minimum absolute atomic E-state index is 0.113. The zero-order valence-electron chi connectivity index (χ0n) is 10.0. The average Bonchev–Trinajstić information content (AvgIpc) is 2.78. The van der Waals surface area contributed by atoms with Crippen LogP contribution in [0, 0.1) is 0 Å². The van der Waals surface area contributed by atoms with E-state index in [1.54, 1.807) is 38.1 Å². The molecule has 1 aromatic heterocycles. The van der Waals surface area contributed by atoms with Crippen molar-refractivity contribution in [1.82, 2.24) is 10.1 Å². The van der Waals surface area contributed by atoms with Crippen molar-refractivity contribution in [1.29, 1.82) is 0 Å². The molecule has 0 aliphatic carbocycles. The molecule has 2 rings (SSSR count). The van der Waals surface area contributed by atoms with E-state index in [4.69, 9.17) is 10.3 Å². The maximum absolute atomic E-state index is 11.1. The Morgan fingerprint density at radius 3 is 2.72 bits per heavy atom. The predicted octanol–water partition coefficient (Wildman–Crippen LogP) is 1.06. The minimum Gasteiger partial charge on any atom is -0.381 e. The number of carbonyl (C=O) groups excluding carboxylic acids is 1. The molecule has 0 bridgehead atoms. The first-order chi connectivity index (χ1) is 8.38. The van der Waals surface area contributed by atoms with Gasteiger partial charge < -0.3 is 15.4 Å². The van der Waals surface area contributed by atoms with Crippen LogP contribution in [-0.4, -0.2) is 21.2 Å². The smallest absolute Gasteiger partial charge is 0.258 e. The van der Waals surface area contributed by atoms with Gasteiger partial charge in [0.2, 0.25) is 11.7 Å². The zero-order valence-corrected chi connectivity index (χ0v) is 10.0. The number of hydrogen-bond acceptors (Lipinski definition) is 5. The molecule has 6 heteroatoms. The average molecular weight is 247 g/mol. The van der Waals surface area contributed by atoms with Crippen LogP contribution in [0.3, 0.4) is 0 Å². The Hall–Kier alpha value is -2.21. The van der Waals surface area contributed by atoms with Gasteiger partial charge in [-0.3, -0.25) is 4.79 Å². The fraction of sp³-hybridized carbons (Fsp3) is 0.250. The van der Waals surface area contributed by atoms with E-state index in [1.807, 2.05) is 0 Å². The lowest BCUT2D eigenvalue weighted by molar-refractivity contribution is 0.0420. The van der Waals surface area contributed by atoms with Gasteiger partial charge in [-0.25, -0.2) is 0 Å². The van der Waals surface area contributed by atoms with E-state index in [1.165, 1.54) is 0 Å². The van der Waals surface area contributed by atoms with Crippen LogP contribution < -0.4 is 5.73 Å². The van der Waals surface area contributed by atoms with Crippen LogP contribution in [0.1, 0.15) is 30.1 Å². The van der Waals surface area contributed by atoms with Crippen molar-refractivity contribution in [2.24, 2.45) is 5.73 Å². The van der Waals surface area contributed by atoms with Gasteiger partial charge in [-0.1, -0.05) is 17.3 Å². The van der Waals surface area contributed by atoms with Crippen molar-refractivity contribution in [2.45, 2.75) is 19.4 Å². The number of aliphatic hydroxyl groups is 1. The third-order valence-electron chi connectivity index (χ3n) is 2.35. The van der Waals surface area contributed by atoms with E-state index >= 15 is 0 Å². The van der Waals surface area contributed by atoms with Crippen LogP contribution in [0.5, 0.6) is 0 Å². The molecule has 94 valence electrons. The van der Waals surface area contributed by atoms with Crippen molar-refractivity contribution in [3.8, 4) is 11.4 Å². The molecule has 0 unspecified atom stereocenters. The van der Waals surface area contributed by atoms with E-state index in [2.05, 4.69) is 10.1 Å². The van der Waals surface area contributed by atoms with Gasteiger partial charge in [0.15, 0.2) is 0 Å². The maximum Gasteiger partial charge on any atom is 0.258 e. The summed E-state index contributed by atoms with van der Waals surface area (Å²) in [5.41, 5.74) is 4.96. The van der Waals surface area contributed by atoms with Crippen LogP contribution >= 0.6 is 0 Å². The molecule has 0 saturated carbocycles. The Morgan fingerprint density at radius 2 is 2.17 bits per heavy atom. The topological polar surface area (TPSA) is 102 Å². The van der Waals surface area contributed by atoms with E-state index in [-0.39, 0.29) is 5.89 Å². The number of amides is 1. The summed E-state index contributed by atoms with van der Waals surface area (Å²) in [7, 11) is 0. The molecule has 0 radical (unpaired) electrons. The number of primary amides is 1. The summed E-state index contributed by atoms with van der Waals surface area (Å²) in [6, 6.07) is 6.57. The van der Waals surface area contributed by atoms with E-state index in [0.29, 0.717) is 17.0 Å². The second kappa shape index (κ2) is 4.23. The highest BCUT2D eigenvalue weighted by molar-refractivity contribution is 5.93. The van der Waals surface area contributed by atoms with Gasteiger partial charge in [0, 0.05) is 11.1 Å². The fourth-order valence-corrected chi connectivity index (χ4v) is 1.40. The number of hydrogen-bond donors (Lipinski definition) is 2. The molecular formula is C12H13N3O3. The molecule has 1 aromatic carbocycles. The largest absolute Gasteiger partial charge is 0.381 e. The molecule has 0 aliphatic heterocycles. The second-order valence-corrected chi connectivity index (χ2v) is 4.43. The van der Waals surface area contributed by atoms with Crippen molar-refractivity contribution in [2.75, 3.05) is 0 Å². The first-order valence-electron chi connectivity index (χ1n) is 5.35. The van der Waals surface area contributed by atoms with Crippen LogP contribution in [0.15, 0.2) is 28.8 Å². The van der Waals surface area contributed by atoms with Gasteiger partial charge in [0.05, 0.1) is 0 Å². The van der Waals surface area contributed by atoms with E-state index < -0.39 is 11.5 Å². The fourth-order valence-electron chi connectivity index (χ4n) is 1.40. The van der Waals surface area contributed by atoms with Gasteiger partial charge in [-0.05, 0) is 26.0 Å². The number of carbonyl (C=O) groups is 1. The lowest BCUT2D eigenvalue weighted by atomic mass is 10.1. The van der Waals surface area contributed by atoms with Gasteiger partial charge >= 0.3 is 0 Å². The summed E-state index contributed by atoms with van der Waals surface area (Å²) in [6.07, 6.45) is 0. The highest BCUT2D eigenvalue weighted by atomic mass is 16.5. The Bertz CT molecular complexity index is 584. The number of nitrogens with two attached hydrogens (primary N) is 1. The van der Waals surface area contributed by atoms with Crippen molar-refractivity contribution >= 4 is 5.91 Å². The van der Waals surface area contributed by atoms with Gasteiger partial charge in [0.1, 0.15) is 5.60 Å². The Labute approximate surface area is 103 Å². The molecule has 6 nitrogen and oxygen atoms in total. The highest BCUT2D eigenvalue weighted by Crippen LogP contribution is 2.22. The number of aromatic nitrogens is 2. The molecule has 0 spiro atoms. The minimum atomic E-state index is -1.20. The van der Waals surface area contributed by atoms with Crippen LogP contribution in [0.25, 0.3) is 11.4 Å². The summed E-state index contributed by atoms with van der Waals surface area (Å²) in [4.78, 5) is 15.1. The summed E-state index contributed by atoms with van der Waals surface area (Å²) < 4.78 is 4.96. The number of nitrogens with zero attached hydrogens (tertiary/aromatic N) is 2. The zero-order chi connectivity index (χ0) is 13.3. The summed E-state index contributed by atoms with van der Waals surface area (Å²) in [5, 5.41) is 13.5. The molecule has 0 fully saturated rings. The molecular weight excluding hydrogens is 234 g/mol. The normalized spacial score (nSPS) is 11.5. The highest BCUT2D eigenvalue weighted by Gasteiger charge is 2.24. The third kappa shape index (κ3) is 2.38. The van der Waals surface area contributed by atoms with E-state index in [0.717, 1.165) is 0 Å². The molecule has 1 heterocycles. The molecule has 0 aliphatic rings. The number of benzene rings is 1. The monoisotopic (exact) mass is 247 g/mol. The van der Waals surface area contributed by atoms with Gasteiger partial charge in [0.25, 0.3) is 5.89 Å². The summed E-state index contributed by atoms with van der Waals surface area (Å²) >= 11 is 0. The third-order valence-corrected chi connectivity index (χ3v) is 2.35. The molecule has 18 heavy (non-hydrogen) atoms. The molecule has 3 N–H and O–H groups in total. The SMILES string of the molecule is CC(C)(O)c1nc(-c2cccc(C(N)=O)c2)no1. The Morgan fingerprint density at radius 1 is 1.44 bits per heavy atom. The number of rotatable bonds is 3. The van der Waals surface area contributed by atoms with E-state index in [9.17, 15) is 9.90 Å². The summed E-state index contributed by atoms with van der Waals surface area (Å²) in [5.74, 6) is -0.111. The van der Waals surface area contributed by atoms with Crippen molar-refractivity contribution in [3.63, 3.8) is 0 Å². The lowest BCUT2D eigenvalue weighted by Crippen LogP contribution is -2.15. The summed E-state index contributed by atoms with van der Waals surface area (Å²) in [6.45, 7) is 3.09. The van der Waals surface area contributed by atoms with Crippen molar-refractivity contribution < 1.29 is 14.4 Å². The van der Waals surface area contributed by atoms with Crippen LogP contribution in [0.4, 0.5) is 0 Å². The Kier molecular flexibility index (Phi) is 2.88. The Balaban J connectivity index is 2.40. The molecule has 2 aromatic rings. The predicted molar refractivity (Wildman–Crippen MR) is 63.5 cm³/mol. The lowest BCUT2D eigenvalue weighted by Gasteiger charge is -2.09. The molecule has 1 amide bonds. The maximum atomic E-state index is 11.1. The van der Waals surface area contributed by atoms with Crippen LogP contribution in [0.2, 0.25) is 0 Å². The van der Waals surface area contributed by atoms with Crippen LogP contribution in [-0.2, 0) is 5.60 Å². The second-order valence-electron chi connectivity index (χ2n) is 4.43.